The number of nitrogens with one attached hydrogen (secondary N) is 1. The van der Waals surface area contributed by atoms with Crippen LogP contribution in [0.15, 0.2) is 29.2 Å². The first-order valence-corrected chi connectivity index (χ1v) is 6.36. The zero-order chi connectivity index (χ0) is 12.3. The van der Waals surface area contributed by atoms with Gasteiger partial charge in [-0.05, 0) is 30.7 Å². The minimum Gasteiger partial charge on any atom is -0.296 e. The third-order valence-electron chi connectivity index (χ3n) is 2.62. The van der Waals surface area contributed by atoms with E-state index in [1.54, 1.807) is 12.1 Å². The van der Waals surface area contributed by atoms with Crippen molar-refractivity contribution < 1.29 is 14.0 Å². The smallest absolute Gasteiger partial charge is 0.230 e. The van der Waals surface area contributed by atoms with E-state index >= 15 is 0 Å². The Balaban J connectivity index is 1.88. The first-order valence-electron chi connectivity index (χ1n) is 5.37. The Labute approximate surface area is 103 Å². The van der Waals surface area contributed by atoms with Crippen LogP contribution < -0.4 is 5.32 Å². The van der Waals surface area contributed by atoms with Gasteiger partial charge in [0, 0.05) is 23.0 Å². The molecule has 1 fully saturated rings. The third-order valence-corrected chi connectivity index (χ3v) is 3.79. The summed E-state index contributed by atoms with van der Waals surface area (Å²) in [5.74, 6) is -0.183. The van der Waals surface area contributed by atoms with Gasteiger partial charge in [0.05, 0.1) is 0 Å². The summed E-state index contributed by atoms with van der Waals surface area (Å²) in [7, 11) is 0. The predicted octanol–water partition coefficient (Wildman–Crippen LogP) is 1.97. The quantitative estimate of drug-likeness (QED) is 0.661. The van der Waals surface area contributed by atoms with Crippen LogP contribution >= 0.6 is 11.8 Å². The minimum absolute atomic E-state index is 0.136. The summed E-state index contributed by atoms with van der Waals surface area (Å²) in [5.41, 5.74) is 0. The summed E-state index contributed by atoms with van der Waals surface area (Å²) in [6, 6.07) is 6.16. The first-order chi connectivity index (χ1) is 8.15. The van der Waals surface area contributed by atoms with Gasteiger partial charge in [-0.15, -0.1) is 11.8 Å². The molecule has 1 aliphatic rings. The Morgan fingerprint density at radius 2 is 2.00 bits per heavy atom. The topological polar surface area (TPSA) is 46.2 Å². The lowest BCUT2D eigenvalue weighted by atomic mass is 10.0. The Kier molecular flexibility index (Phi) is 3.78. The van der Waals surface area contributed by atoms with Crippen molar-refractivity contribution in [2.45, 2.75) is 17.7 Å². The van der Waals surface area contributed by atoms with Crippen LogP contribution in [0.1, 0.15) is 12.8 Å². The molecular weight excluding hydrogens is 241 g/mol. The Bertz CT molecular complexity index is 433. The van der Waals surface area contributed by atoms with Crippen LogP contribution in [-0.4, -0.2) is 17.6 Å². The van der Waals surface area contributed by atoms with Crippen molar-refractivity contribution >= 4 is 23.6 Å². The highest BCUT2D eigenvalue weighted by molar-refractivity contribution is 7.99. The Morgan fingerprint density at radius 1 is 1.29 bits per heavy atom. The summed E-state index contributed by atoms with van der Waals surface area (Å²) in [4.78, 5) is 23.4. The van der Waals surface area contributed by atoms with Crippen molar-refractivity contribution in [1.82, 2.24) is 5.32 Å². The van der Waals surface area contributed by atoms with E-state index in [4.69, 9.17) is 0 Å². The van der Waals surface area contributed by atoms with Gasteiger partial charge < -0.3 is 0 Å². The number of benzene rings is 1. The van der Waals surface area contributed by atoms with E-state index in [0.29, 0.717) is 18.6 Å². The molecule has 1 aromatic rings. The monoisotopic (exact) mass is 253 g/mol. The lowest BCUT2D eigenvalue weighted by molar-refractivity contribution is -0.135. The summed E-state index contributed by atoms with van der Waals surface area (Å²) in [6.45, 7) is 0. The number of carbonyl (C=O) groups excluding carboxylic acids is 2. The second kappa shape index (κ2) is 5.31. The molecule has 0 aromatic heterocycles. The second-order valence-electron chi connectivity index (χ2n) is 3.91. The molecule has 1 unspecified atom stereocenters. The molecule has 3 nitrogen and oxygen atoms in total. The summed E-state index contributed by atoms with van der Waals surface area (Å²) >= 11 is 1.50. The van der Waals surface area contributed by atoms with E-state index in [9.17, 15) is 14.0 Å². The van der Waals surface area contributed by atoms with Gasteiger partial charge in [0.25, 0.3) is 0 Å². The van der Waals surface area contributed by atoms with Crippen LogP contribution in [0.4, 0.5) is 4.39 Å². The zero-order valence-electron chi connectivity index (χ0n) is 9.11. The van der Waals surface area contributed by atoms with Crippen LogP contribution in [0.25, 0.3) is 0 Å². The number of thioether (sulfide) groups is 1. The molecule has 1 heterocycles. The Hall–Kier alpha value is -1.36. The van der Waals surface area contributed by atoms with Crippen LogP contribution in [-0.2, 0) is 9.59 Å². The number of halogens is 1. The number of amides is 2. The van der Waals surface area contributed by atoms with Crippen molar-refractivity contribution in [2.24, 2.45) is 5.92 Å². The number of rotatable bonds is 3. The highest BCUT2D eigenvalue weighted by atomic mass is 32.2. The van der Waals surface area contributed by atoms with Gasteiger partial charge in [0.1, 0.15) is 5.82 Å². The molecule has 90 valence electrons. The van der Waals surface area contributed by atoms with E-state index in [1.165, 1.54) is 23.9 Å². The average Bonchev–Trinajstić information content (AvgIpc) is 2.30. The van der Waals surface area contributed by atoms with E-state index in [0.717, 1.165) is 4.90 Å². The number of imide groups is 1. The van der Waals surface area contributed by atoms with Gasteiger partial charge in [-0.1, -0.05) is 0 Å². The maximum Gasteiger partial charge on any atom is 0.230 e. The summed E-state index contributed by atoms with van der Waals surface area (Å²) in [6.07, 6.45) is 0.999. The molecule has 0 spiro atoms. The maximum absolute atomic E-state index is 12.7. The van der Waals surface area contributed by atoms with Crippen molar-refractivity contribution in [2.75, 3.05) is 5.75 Å². The van der Waals surface area contributed by atoms with E-state index < -0.39 is 0 Å². The normalized spacial score (nSPS) is 20.2. The van der Waals surface area contributed by atoms with Crippen LogP contribution in [0.3, 0.4) is 0 Å². The van der Waals surface area contributed by atoms with Crippen LogP contribution in [0.2, 0.25) is 0 Å². The molecule has 1 atom stereocenters. The van der Waals surface area contributed by atoms with E-state index in [1.807, 2.05) is 0 Å². The lowest BCUT2D eigenvalue weighted by Gasteiger charge is -2.20. The molecule has 0 bridgehead atoms. The fraction of sp³-hybridized carbons (Fsp3) is 0.333. The molecule has 2 rings (SSSR count). The molecule has 1 N–H and O–H groups in total. The third kappa shape index (κ3) is 3.30. The van der Waals surface area contributed by atoms with Crippen molar-refractivity contribution in [3.8, 4) is 0 Å². The largest absolute Gasteiger partial charge is 0.296 e. The standard InChI is InChI=1S/C12H12FNO2S/c13-9-2-4-10(5-3-9)17-7-8-1-6-11(15)14-12(8)16/h2-5,8H,1,6-7H2,(H,14,15,16). The van der Waals surface area contributed by atoms with E-state index in [-0.39, 0.29) is 23.5 Å². The lowest BCUT2D eigenvalue weighted by Crippen LogP contribution is -2.41. The molecule has 2 amide bonds. The SMILES string of the molecule is O=C1CCC(CSc2ccc(F)cc2)C(=O)N1. The first kappa shape index (κ1) is 12.1. The molecule has 1 saturated heterocycles. The molecule has 0 aliphatic carbocycles. The second-order valence-corrected chi connectivity index (χ2v) is 5.01. The van der Waals surface area contributed by atoms with Gasteiger partial charge >= 0.3 is 0 Å². The molecule has 1 aromatic carbocycles. The fourth-order valence-corrected chi connectivity index (χ4v) is 2.67. The minimum atomic E-state index is -0.268. The summed E-state index contributed by atoms with van der Waals surface area (Å²) < 4.78 is 12.7. The fourth-order valence-electron chi connectivity index (χ4n) is 1.63. The zero-order valence-corrected chi connectivity index (χ0v) is 9.93. The molecule has 0 saturated carbocycles. The number of hydrogen-bond acceptors (Lipinski definition) is 3. The molecular formula is C12H12FNO2S. The predicted molar refractivity (Wildman–Crippen MR) is 63.0 cm³/mol. The van der Waals surface area contributed by atoms with Crippen LogP contribution in [0, 0.1) is 11.7 Å². The number of carbonyl (C=O) groups is 2. The molecule has 17 heavy (non-hydrogen) atoms. The van der Waals surface area contributed by atoms with Gasteiger partial charge in [0.2, 0.25) is 11.8 Å². The van der Waals surface area contributed by atoms with Crippen molar-refractivity contribution in [3.05, 3.63) is 30.1 Å². The number of hydrogen-bond donors (Lipinski definition) is 1. The molecule has 0 radical (unpaired) electrons. The highest BCUT2D eigenvalue weighted by Crippen LogP contribution is 2.24. The van der Waals surface area contributed by atoms with Crippen LogP contribution in [0.5, 0.6) is 0 Å². The van der Waals surface area contributed by atoms with Gasteiger partial charge in [-0.3, -0.25) is 14.9 Å². The van der Waals surface area contributed by atoms with Gasteiger partial charge in [0.15, 0.2) is 0 Å². The average molecular weight is 253 g/mol. The van der Waals surface area contributed by atoms with Gasteiger partial charge in [-0.2, -0.15) is 0 Å². The number of piperidine rings is 1. The van der Waals surface area contributed by atoms with Crippen molar-refractivity contribution in [3.63, 3.8) is 0 Å². The van der Waals surface area contributed by atoms with E-state index in [2.05, 4.69) is 5.32 Å². The molecule has 5 heteroatoms. The summed E-state index contributed by atoms with van der Waals surface area (Å²) in [5, 5.41) is 2.32. The highest BCUT2D eigenvalue weighted by Gasteiger charge is 2.26. The Morgan fingerprint density at radius 3 is 2.65 bits per heavy atom. The van der Waals surface area contributed by atoms with Gasteiger partial charge in [-0.25, -0.2) is 4.39 Å². The maximum atomic E-state index is 12.7. The van der Waals surface area contributed by atoms with Crippen molar-refractivity contribution in [1.29, 1.82) is 0 Å². The molecule has 1 aliphatic heterocycles.